The number of ether oxygens (including phenoxy) is 3. The molecular formula is C16H22O3. The predicted octanol–water partition coefficient (Wildman–Crippen LogP) is 3.30. The van der Waals surface area contributed by atoms with Gasteiger partial charge in [0.15, 0.2) is 6.29 Å². The Bertz CT molecular complexity index is 390. The molecular weight excluding hydrogens is 240 g/mol. The van der Waals surface area contributed by atoms with E-state index in [-0.39, 0.29) is 11.9 Å². The highest BCUT2D eigenvalue weighted by Crippen LogP contribution is 2.34. The van der Waals surface area contributed by atoms with Gasteiger partial charge >= 0.3 is 0 Å². The Morgan fingerprint density at radius 3 is 2.84 bits per heavy atom. The monoisotopic (exact) mass is 262 g/mol. The predicted molar refractivity (Wildman–Crippen MR) is 74.8 cm³/mol. The van der Waals surface area contributed by atoms with Crippen LogP contribution in [0.2, 0.25) is 0 Å². The van der Waals surface area contributed by atoms with Crippen LogP contribution in [-0.4, -0.2) is 25.6 Å². The molecule has 3 heteroatoms. The van der Waals surface area contributed by atoms with E-state index >= 15 is 0 Å². The minimum atomic E-state index is -0.267. The number of hydrogen-bond donors (Lipinski definition) is 0. The molecule has 0 bridgehead atoms. The van der Waals surface area contributed by atoms with Crippen molar-refractivity contribution in [1.82, 2.24) is 0 Å². The van der Waals surface area contributed by atoms with Crippen molar-refractivity contribution in [1.29, 1.82) is 0 Å². The Morgan fingerprint density at radius 1 is 1.42 bits per heavy atom. The zero-order chi connectivity index (χ0) is 13.6. The highest BCUT2D eigenvalue weighted by Gasteiger charge is 2.39. The average Bonchev–Trinajstić information content (AvgIpc) is 2.84. The molecule has 1 aromatic rings. The zero-order valence-corrected chi connectivity index (χ0v) is 11.5. The van der Waals surface area contributed by atoms with E-state index in [1.165, 1.54) is 5.56 Å². The average molecular weight is 262 g/mol. The van der Waals surface area contributed by atoms with Gasteiger partial charge in [-0.1, -0.05) is 36.4 Å². The Balaban J connectivity index is 1.86. The molecule has 1 heterocycles. The van der Waals surface area contributed by atoms with Gasteiger partial charge < -0.3 is 14.2 Å². The van der Waals surface area contributed by atoms with Crippen LogP contribution in [0.3, 0.4) is 0 Å². The van der Waals surface area contributed by atoms with Crippen LogP contribution < -0.4 is 0 Å². The summed E-state index contributed by atoms with van der Waals surface area (Å²) in [7, 11) is 1.68. The lowest BCUT2D eigenvalue weighted by Crippen LogP contribution is -2.34. The van der Waals surface area contributed by atoms with Crippen LogP contribution in [-0.2, 0) is 20.8 Å². The minimum absolute atomic E-state index is 0.111. The number of benzene rings is 1. The Labute approximate surface area is 115 Å². The largest absolute Gasteiger partial charge is 0.374 e. The fourth-order valence-electron chi connectivity index (χ4n) is 2.45. The van der Waals surface area contributed by atoms with E-state index in [1.807, 2.05) is 24.3 Å². The van der Waals surface area contributed by atoms with Gasteiger partial charge in [-0.2, -0.15) is 0 Å². The van der Waals surface area contributed by atoms with E-state index in [0.717, 1.165) is 19.3 Å². The molecule has 0 aliphatic carbocycles. The van der Waals surface area contributed by atoms with Gasteiger partial charge in [-0.05, 0) is 18.4 Å². The minimum Gasteiger partial charge on any atom is -0.374 e. The van der Waals surface area contributed by atoms with Crippen molar-refractivity contribution in [3.8, 4) is 0 Å². The normalized spacial score (nSPS) is 26.5. The van der Waals surface area contributed by atoms with Crippen LogP contribution in [0.1, 0.15) is 24.8 Å². The highest BCUT2D eigenvalue weighted by molar-refractivity contribution is 5.13. The van der Waals surface area contributed by atoms with E-state index in [2.05, 4.69) is 18.7 Å². The molecule has 1 fully saturated rings. The highest BCUT2D eigenvalue weighted by atomic mass is 16.7. The third-order valence-electron chi connectivity index (χ3n) is 3.47. The van der Waals surface area contributed by atoms with Crippen LogP contribution in [0.5, 0.6) is 0 Å². The quantitative estimate of drug-likeness (QED) is 0.706. The van der Waals surface area contributed by atoms with Crippen LogP contribution >= 0.6 is 0 Å². The molecule has 0 aromatic heterocycles. The molecule has 2 atom stereocenters. The first-order valence-electron chi connectivity index (χ1n) is 6.71. The van der Waals surface area contributed by atoms with E-state index in [9.17, 15) is 0 Å². The summed E-state index contributed by atoms with van der Waals surface area (Å²) in [5.41, 5.74) is 0.912. The van der Waals surface area contributed by atoms with Crippen molar-refractivity contribution < 1.29 is 14.2 Å². The van der Waals surface area contributed by atoms with Gasteiger partial charge in [-0.25, -0.2) is 0 Å². The van der Waals surface area contributed by atoms with Gasteiger partial charge in [0.25, 0.3) is 0 Å². The fraction of sp³-hybridized carbons (Fsp3) is 0.500. The summed E-state index contributed by atoms with van der Waals surface area (Å²) in [5.74, 6) is 0. The Kier molecular flexibility index (Phi) is 5.14. The van der Waals surface area contributed by atoms with Crippen LogP contribution in [0.15, 0.2) is 43.0 Å². The standard InChI is InChI=1S/C16H22O3/c1-3-10-16(11-9-15(17-2)19-16)13-18-12-14-7-5-4-6-8-14/h3-8,15H,1,9-13H2,2H3/t15-,16+/m1/s1. The first kappa shape index (κ1) is 14.3. The molecule has 0 radical (unpaired) electrons. The van der Waals surface area contributed by atoms with Crippen molar-refractivity contribution in [2.24, 2.45) is 0 Å². The maximum Gasteiger partial charge on any atom is 0.158 e. The smallest absolute Gasteiger partial charge is 0.158 e. The maximum atomic E-state index is 5.96. The maximum absolute atomic E-state index is 5.96. The van der Waals surface area contributed by atoms with E-state index in [1.54, 1.807) is 7.11 Å². The third kappa shape index (κ3) is 3.90. The van der Waals surface area contributed by atoms with E-state index in [4.69, 9.17) is 14.2 Å². The Morgan fingerprint density at radius 2 is 2.21 bits per heavy atom. The second-order valence-corrected chi connectivity index (χ2v) is 4.98. The fourth-order valence-corrected chi connectivity index (χ4v) is 2.45. The lowest BCUT2D eigenvalue weighted by molar-refractivity contribution is -0.173. The van der Waals surface area contributed by atoms with Gasteiger partial charge in [-0.3, -0.25) is 0 Å². The summed E-state index contributed by atoms with van der Waals surface area (Å²) in [6.45, 7) is 5.00. The summed E-state index contributed by atoms with van der Waals surface area (Å²) in [6.07, 6.45) is 4.44. The van der Waals surface area contributed by atoms with Gasteiger partial charge in [0.05, 0.1) is 18.8 Å². The van der Waals surface area contributed by atoms with Crippen LogP contribution in [0.25, 0.3) is 0 Å². The molecule has 1 saturated heterocycles. The molecule has 104 valence electrons. The number of hydrogen-bond acceptors (Lipinski definition) is 3. The molecule has 0 spiro atoms. The van der Waals surface area contributed by atoms with Crippen LogP contribution in [0.4, 0.5) is 0 Å². The lowest BCUT2D eigenvalue weighted by Gasteiger charge is -2.27. The van der Waals surface area contributed by atoms with Crippen molar-refractivity contribution in [3.05, 3.63) is 48.6 Å². The zero-order valence-electron chi connectivity index (χ0n) is 11.5. The van der Waals surface area contributed by atoms with Gasteiger partial charge in [0, 0.05) is 13.5 Å². The summed E-state index contributed by atoms with van der Waals surface area (Å²) >= 11 is 0. The molecule has 2 rings (SSSR count). The molecule has 19 heavy (non-hydrogen) atoms. The Hall–Kier alpha value is -1.16. The second kappa shape index (κ2) is 6.85. The summed E-state index contributed by atoms with van der Waals surface area (Å²) < 4.78 is 17.0. The molecule has 1 aliphatic rings. The van der Waals surface area contributed by atoms with Gasteiger partial charge in [0.2, 0.25) is 0 Å². The molecule has 3 nitrogen and oxygen atoms in total. The SMILES string of the molecule is C=CC[C@@]1(COCc2ccccc2)CC[C@H](OC)O1. The van der Waals surface area contributed by atoms with Gasteiger partial charge in [-0.15, -0.1) is 6.58 Å². The first-order chi connectivity index (χ1) is 9.28. The second-order valence-electron chi connectivity index (χ2n) is 4.98. The lowest BCUT2D eigenvalue weighted by atomic mass is 9.97. The first-order valence-corrected chi connectivity index (χ1v) is 6.71. The summed E-state index contributed by atoms with van der Waals surface area (Å²) in [6, 6.07) is 10.2. The van der Waals surface area contributed by atoms with Crippen molar-refractivity contribution in [2.75, 3.05) is 13.7 Å². The summed E-state index contributed by atoms with van der Waals surface area (Å²) in [5, 5.41) is 0. The molecule has 0 N–H and O–H groups in total. The molecule has 1 aromatic carbocycles. The molecule has 0 amide bonds. The van der Waals surface area contributed by atoms with E-state index < -0.39 is 0 Å². The topological polar surface area (TPSA) is 27.7 Å². The van der Waals surface area contributed by atoms with Crippen molar-refractivity contribution >= 4 is 0 Å². The summed E-state index contributed by atoms with van der Waals surface area (Å²) in [4.78, 5) is 0. The van der Waals surface area contributed by atoms with E-state index in [0.29, 0.717) is 13.2 Å². The number of methoxy groups -OCH3 is 1. The molecule has 0 saturated carbocycles. The van der Waals surface area contributed by atoms with Gasteiger partial charge in [0.1, 0.15) is 0 Å². The number of rotatable bonds is 7. The molecule has 0 unspecified atom stereocenters. The molecule has 1 aliphatic heterocycles. The van der Waals surface area contributed by atoms with Crippen molar-refractivity contribution in [2.45, 2.75) is 37.8 Å². The van der Waals surface area contributed by atoms with Crippen molar-refractivity contribution in [3.63, 3.8) is 0 Å². The van der Waals surface area contributed by atoms with Crippen LogP contribution in [0, 0.1) is 0 Å². The third-order valence-corrected chi connectivity index (χ3v) is 3.47.